The molecule has 1 aromatic heterocycles. The van der Waals surface area contributed by atoms with Crippen LogP contribution in [0.2, 0.25) is 10.0 Å². The average Bonchev–Trinajstić information content (AvgIpc) is 2.92. The standard InChI is InChI=1S/C15H8Cl2N4/c16-11-6-4-10(5-7-11)15-14(9-18)19-20-21(15)13-3-1-2-12(17)8-13/h1-8H. The van der Waals surface area contributed by atoms with E-state index >= 15 is 0 Å². The molecule has 0 saturated carbocycles. The van der Waals surface area contributed by atoms with Gasteiger partial charge in [-0.2, -0.15) is 5.26 Å². The molecule has 0 saturated heterocycles. The van der Waals surface area contributed by atoms with Gasteiger partial charge in [0.1, 0.15) is 11.8 Å². The first-order chi connectivity index (χ1) is 10.2. The van der Waals surface area contributed by atoms with Crippen molar-refractivity contribution in [2.24, 2.45) is 0 Å². The van der Waals surface area contributed by atoms with Crippen molar-refractivity contribution in [1.82, 2.24) is 15.0 Å². The maximum Gasteiger partial charge on any atom is 0.191 e. The van der Waals surface area contributed by atoms with Crippen LogP contribution in [0.1, 0.15) is 5.69 Å². The molecule has 4 nitrogen and oxygen atoms in total. The first-order valence-electron chi connectivity index (χ1n) is 6.07. The second-order valence-corrected chi connectivity index (χ2v) is 5.17. The summed E-state index contributed by atoms with van der Waals surface area (Å²) in [5, 5.41) is 18.4. The van der Waals surface area contributed by atoms with Crippen LogP contribution in [0.5, 0.6) is 0 Å². The zero-order valence-corrected chi connectivity index (χ0v) is 12.2. The van der Waals surface area contributed by atoms with Crippen molar-refractivity contribution in [3.05, 3.63) is 64.3 Å². The lowest BCUT2D eigenvalue weighted by Gasteiger charge is -2.07. The smallest absolute Gasteiger partial charge is 0.191 e. The van der Waals surface area contributed by atoms with Gasteiger partial charge in [-0.15, -0.1) is 5.10 Å². The molecule has 0 aliphatic rings. The van der Waals surface area contributed by atoms with Crippen LogP contribution in [0.25, 0.3) is 16.9 Å². The lowest BCUT2D eigenvalue weighted by atomic mass is 10.1. The molecule has 0 aliphatic heterocycles. The molecule has 1 heterocycles. The van der Waals surface area contributed by atoms with Gasteiger partial charge in [0.2, 0.25) is 0 Å². The van der Waals surface area contributed by atoms with E-state index in [0.717, 1.165) is 11.3 Å². The van der Waals surface area contributed by atoms with E-state index in [4.69, 9.17) is 23.2 Å². The van der Waals surface area contributed by atoms with E-state index in [1.807, 2.05) is 24.3 Å². The first-order valence-corrected chi connectivity index (χ1v) is 6.82. The van der Waals surface area contributed by atoms with Crippen LogP contribution in [0.15, 0.2) is 48.5 Å². The summed E-state index contributed by atoms with van der Waals surface area (Å²) in [6.07, 6.45) is 0. The molecule has 0 atom stereocenters. The van der Waals surface area contributed by atoms with E-state index in [-0.39, 0.29) is 5.69 Å². The highest BCUT2D eigenvalue weighted by Crippen LogP contribution is 2.27. The molecule has 21 heavy (non-hydrogen) atoms. The first kappa shape index (κ1) is 13.6. The summed E-state index contributed by atoms with van der Waals surface area (Å²) in [7, 11) is 0. The van der Waals surface area contributed by atoms with E-state index in [1.165, 1.54) is 0 Å². The number of nitriles is 1. The monoisotopic (exact) mass is 314 g/mol. The zero-order valence-electron chi connectivity index (χ0n) is 10.7. The average molecular weight is 315 g/mol. The highest BCUT2D eigenvalue weighted by Gasteiger charge is 2.16. The van der Waals surface area contributed by atoms with Crippen molar-refractivity contribution in [2.75, 3.05) is 0 Å². The summed E-state index contributed by atoms with van der Waals surface area (Å²) >= 11 is 11.9. The summed E-state index contributed by atoms with van der Waals surface area (Å²) in [6, 6.07) is 16.4. The Hall–Kier alpha value is -2.35. The molecule has 102 valence electrons. The van der Waals surface area contributed by atoms with Gasteiger partial charge in [-0.1, -0.05) is 46.6 Å². The second kappa shape index (κ2) is 5.57. The van der Waals surface area contributed by atoms with Crippen molar-refractivity contribution in [3.8, 4) is 23.0 Å². The summed E-state index contributed by atoms with van der Waals surface area (Å²) in [6.45, 7) is 0. The van der Waals surface area contributed by atoms with Crippen molar-refractivity contribution in [1.29, 1.82) is 5.26 Å². The van der Waals surface area contributed by atoms with E-state index in [2.05, 4.69) is 16.4 Å². The Kier molecular flexibility index (Phi) is 3.61. The van der Waals surface area contributed by atoms with Crippen LogP contribution in [-0.4, -0.2) is 15.0 Å². The van der Waals surface area contributed by atoms with Gasteiger partial charge in [-0.3, -0.25) is 0 Å². The van der Waals surface area contributed by atoms with Gasteiger partial charge in [0.05, 0.1) is 5.69 Å². The Morgan fingerprint density at radius 2 is 1.76 bits per heavy atom. The number of benzene rings is 2. The van der Waals surface area contributed by atoms with Crippen molar-refractivity contribution < 1.29 is 0 Å². The Balaban J connectivity index is 2.22. The van der Waals surface area contributed by atoms with Gasteiger partial charge >= 0.3 is 0 Å². The molecule has 0 spiro atoms. The van der Waals surface area contributed by atoms with Gasteiger partial charge in [0.15, 0.2) is 5.69 Å². The lowest BCUT2D eigenvalue weighted by Crippen LogP contribution is -1.99. The molecule has 0 N–H and O–H groups in total. The zero-order chi connectivity index (χ0) is 14.8. The molecule has 3 aromatic rings. The summed E-state index contributed by atoms with van der Waals surface area (Å²) < 4.78 is 1.59. The predicted molar refractivity (Wildman–Crippen MR) is 81.5 cm³/mol. The maximum absolute atomic E-state index is 9.23. The van der Waals surface area contributed by atoms with E-state index in [0.29, 0.717) is 15.7 Å². The molecule has 0 amide bonds. The fraction of sp³-hybridized carbons (Fsp3) is 0. The number of nitrogens with zero attached hydrogens (tertiary/aromatic N) is 4. The van der Waals surface area contributed by atoms with Crippen molar-refractivity contribution in [3.63, 3.8) is 0 Å². The number of rotatable bonds is 2. The molecule has 0 unspecified atom stereocenters. The number of hydrogen-bond acceptors (Lipinski definition) is 3. The molecule has 2 aromatic carbocycles. The van der Waals surface area contributed by atoms with Gasteiger partial charge in [0, 0.05) is 15.6 Å². The molecule has 0 bridgehead atoms. The minimum Gasteiger partial charge on any atom is -0.211 e. The molecule has 0 aliphatic carbocycles. The molecular formula is C15H8Cl2N4. The van der Waals surface area contributed by atoms with Gasteiger partial charge < -0.3 is 0 Å². The minimum absolute atomic E-state index is 0.247. The largest absolute Gasteiger partial charge is 0.211 e. The van der Waals surface area contributed by atoms with Crippen molar-refractivity contribution in [2.45, 2.75) is 0 Å². The molecule has 0 fully saturated rings. The Labute approximate surface area is 131 Å². The normalized spacial score (nSPS) is 10.3. The number of aromatic nitrogens is 3. The Bertz CT molecular complexity index is 832. The molecule has 3 rings (SSSR count). The fourth-order valence-electron chi connectivity index (χ4n) is 2.01. The third kappa shape index (κ3) is 2.62. The summed E-state index contributed by atoms with van der Waals surface area (Å²) in [5.74, 6) is 0. The lowest BCUT2D eigenvalue weighted by molar-refractivity contribution is 0.807. The Morgan fingerprint density at radius 3 is 2.43 bits per heavy atom. The molecular weight excluding hydrogens is 307 g/mol. The SMILES string of the molecule is N#Cc1nnn(-c2cccc(Cl)c2)c1-c1ccc(Cl)cc1. The van der Waals surface area contributed by atoms with E-state index in [9.17, 15) is 5.26 Å². The van der Waals surface area contributed by atoms with Gasteiger partial charge in [-0.05, 0) is 30.3 Å². The summed E-state index contributed by atoms with van der Waals surface area (Å²) in [5.41, 5.74) is 2.40. The number of hydrogen-bond donors (Lipinski definition) is 0. The topological polar surface area (TPSA) is 54.5 Å². The molecule has 6 heteroatoms. The number of halogens is 2. The van der Waals surface area contributed by atoms with Crippen LogP contribution in [0.3, 0.4) is 0 Å². The summed E-state index contributed by atoms with van der Waals surface area (Å²) in [4.78, 5) is 0. The van der Waals surface area contributed by atoms with Crippen LogP contribution < -0.4 is 0 Å². The highest BCUT2D eigenvalue weighted by atomic mass is 35.5. The third-order valence-electron chi connectivity index (χ3n) is 2.95. The van der Waals surface area contributed by atoms with E-state index in [1.54, 1.807) is 28.9 Å². The molecule has 0 radical (unpaired) electrons. The van der Waals surface area contributed by atoms with Crippen LogP contribution >= 0.6 is 23.2 Å². The van der Waals surface area contributed by atoms with Gasteiger partial charge in [0.25, 0.3) is 0 Å². The fourth-order valence-corrected chi connectivity index (χ4v) is 2.32. The van der Waals surface area contributed by atoms with Gasteiger partial charge in [-0.25, -0.2) is 4.68 Å². The maximum atomic E-state index is 9.23. The van der Waals surface area contributed by atoms with Crippen molar-refractivity contribution >= 4 is 23.2 Å². The highest BCUT2D eigenvalue weighted by molar-refractivity contribution is 6.31. The second-order valence-electron chi connectivity index (χ2n) is 4.30. The van der Waals surface area contributed by atoms with Crippen LogP contribution in [0.4, 0.5) is 0 Å². The van der Waals surface area contributed by atoms with Crippen LogP contribution in [-0.2, 0) is 0 Å². The van der Waals surface area contributed by atoms with Crippen LogP contribution in [0, 0.1) is 11.3 Å². The quantitative estimate of drug-likeness (QED) is 0.715. The minimum atomic E-state index is 0.247. The van der Waals surface area contributed by atoms with E-state index < -0.39 is 0 Å². The predicted octanol–water partition coefficient (Wildman–Crippen LogP) is 4.11. The third-order valence-corrected chi connectivity index (χ3v) is 3.43. The Morgan fingerprint density at radius 1 is 1.00 bits per heavy atom.